The first-order chi connectivity index (χ1) is 11.2. The van der Waals surface area contributed by atoms with Gasteiger partial charge in [-0.05, 0) is 24.0 Å². The van der Waals surface area contributed by atoms with Crippen molar-refractivity contribution in [1.29, 1.82) is 0 Å². The zero-order chi connectivity index (χ0) is 16.7. The summed E-state index contributed by atoms with van der Waals surface area (Å²) in [5.41, 5.74) is 1.80. The van der Waals surface area contributed by atoms with E-state index in [0.717, 1.165) is 24.0 Å². The van der Waals surface area contributed by atoms with Crippen molar-refractivity contribution in [3.8, 4) is 0 Å². The third-order valence-corrected chi connectivity index (χ3v) is 4.35. The van der Waals surface area contributed by atoms with Crippen LogP contribution in [0.25, 0.3) is 0 Å². The molecule has 0 saturated carbocycles. The second kappa shape index (κ2) is 8.82. The smallest absolute Gasteiger partial charge is 0.0942 e. The first kappa shape index (κ1) is 17.7. The Morgan fingerprint density at radius 2 is 1.04 bits per heavy atom. The summed E-state index contributed by atoms with van der Waals surface area (Å²) < 4.78 is 0. The van der Waals surface area contributed by atoms with Gasteiger partial charge in [-0.15, -0.1) is 0 Å². The quantitative estimate of drug-likeness (QED) is 0.698. The van der Waals surface area contributed by atoms with E-state index in [9.17, 15) is 10.2 Å². The minimum absolute atomic E-state index is 0.0966. The maximum Gasteiger partial charge on any atom is 0.0942 e. The van der Waals surface area contributed by atoms with Crippen LogP contribution in [-0.4, -0.2) is 22.3 Å². The Balaban J connectivity index is 2.09. The second-order valence-electron chi connectivity index (χ2n) is 5.91. The van der Waals surface area contributed by atoms with Gasteiger partial charge in [0.2, 0.25) is 0 Å². The van der Waals surface area contributed by atoms with Gasteiger partial charge in [0.15, 0.2) is 0 Å². The highest BCUT2D eigenvalue weighted by Gasteiger charge is 2.26. The van der Waals surface area contributed by atoms with Gasteiger partial charge in [-0.3, -0.25) is 0 Å². The number of nitrogens with one attached hydrogen (secondary N) is 1. The fourth-order valence-electron chi connectivity index (χ4n) is 2.90. The van der Waals surface area contributed by atoms with Crippen LogP contribution in [0.5, 0.6) is 0 Å². The van der Waals surface area contributed by atoms with Crippen molar-refractivity contribution >= 4 is 0 Å². The zero-order valence-corrected chi connectivity index (χ0v) is 13.9. The lowest BCUT2D eigenvalue weighted by Crippen LogP contribution is -2.44. The molecule has 0 fully saturated rings. The summed E-state index contributed by atoms with van der Waals surface area (Å²) in [6.07, 6.45) is 0.402. The molecule has 0 unspecified atom stereocenters. The molecule has 0 saturated heterocycles. The van der Waals surface area contributed by atoms with Crippen molar-refractivity contribution in [3.63, 3.8) is 0 Å². The van der Waals surface area contributed by atoms with E-state index in [4.69, 9.17) is 0 Å². The van der Waals surface area contributed by atoms with E-state index in [1.54, 1.807) is 0 Å². The minimum Gasteiger partial charge on any atom is -0.387 e. The molecule has 3 N–H and O–H groups in total. The molecule has 0 amide bonds. The van der Waals surface area contributed by atoms with Crippen molar-refractivity contribution in [2.75, 3.05) is 0 Å². The molecule has 3 heteroatoms. The van der Waals surface area contributed by atoms with Crippen molar-refractivity contribution in [1.82, 2.24) is 5.32 Å². The fraction of sp³-hybridized carbons (Fsp3) is 0.400. The maximum atomic E-state index is 10.6. The third-order valence-electron chi connectivity index (χ3n) is 4.35. The summed E-state index contributed by atoms with van der Waals surface area (Å²) in [6, 6.07) is 19.2. The number of hydrogen-bond acceptors (Lipinski definition) is 3. The van der Waals surface area contributed by atoms with Gasteiger partial charge in [0.1, 0.15) is 0 Å². The van der Waals surface area contributed by atoms with E-state index in [0.29, 0.717) is 0 Å². The molecule has 0 aliphatic heterocycles. The molecule has 0 aliphatic rings. The molecule has 124 valence electrons. The molecule has 0 aromatic heterocycles. The zero-order valence-electron chi connectivity index (χ0n) is 13.9. The monoisotopic (exact) mass is 313 g/mol. The van der Waals surface area contributed by atoms with Crippen LogP contribution in [0.2, 0.25) is 0 Å². The van der Waals surface area contributed by atoms with Crippen molar-refractivity contribution < 1.29 is 10.2 Å². The highest BCUT2D eigenvalue weighted by Crippen LogP contribution is 2.23. The van der Waals surface area contributed by atoms with Gasteiger partial charge in [0.05, 0.1) is 12.2 Å². The first-order valence-electron chi connectivity index (χ1n) is 8.39. The molecule has 2 aromatic rings. The van der Waals surface area contributed by atoms with E-state index >= 15 is 0 Å². The van der Waals surface area contributed by atoms with Crippen molar-refractivity contribution in [3.05, 3.63) is 71.8 Å². The molecule has 3 nitrogen and oxygen atoms in total. The van der Waals surface area contributed by atoms with Crippen LogP contribution in [0.15, 0.2) is 60.7 Å². The number of hydrogen-bond donors (Lipinski definition) is 3. The molecule has 4 atom stereocenters. The van der Waals surface area contributed by atoms with Crippen molar-refractivity contribution in [2.45, 2.75) is 51.0 Å². The van der Waals surface area contributed by atoms with Gasteiger partial charge in [0.25, 0.3) is 0 Å². The Labute approximate surface area is 139 Å². The van der Waals surface area contributed by atoms with Crippen LogP contribution >= 0.6 is 0 Å². The van der Waals surface area contributed by atoms with Gasteiger partial charge in [0, 0.05) is 12.1 Å². The molecule has 0 aliphatic carbocycles. The van der Waals surface area contributed by atoms with Gasteiger partial charge >= 0.3 is 0 Å². The number of aliphatic hydroxyl groups excluding tert-OH is 2. The molecule has 0 heterocycles. The third kappa shape index (κ3) is 4.64. The van der Waals surface area contributed by atoms with Gasteiger partial charge in [-0.25, -0.2) is 0 Å². The SMILES string of the molecule is CC[C@H](N[C@@H](CC)[C@H](O)c1ccccc1)[C@H](O)c1ccccc1. The first-order valence-corrected chi connectivity index (χ1v) is 8.39. The van der Waals surface area contributed by atoms with E-state index < -0.39 is 12.2 Å². The van der Waals surface area contributed by atoms with E-state index in [1.165, 1.54) is 0 Å². The fourth-order valence-corrected chi connectivity index (χ4v) is 2.90. The van der Waals surface area contributed by atoms with Crippen LogP contribution in [0, 0.1) is 0 Å². The van der Waals surface area contributed by atoms with Gasteiger partial charge in [-0.2, -0.15) is 0 Å². The predicted octanol–water partition coefficient (Wildman–Crippen LogP) is 3.60. The summed E-state index contributed by atoms with van der Waals surface area (Å²) in [6.45, 7) is 4.09. The molecule has 2 aromatic carbocycles. The lowest BCUT2D eigenvalue weighted by molar-refractivity contribution is 0.0782. The number of aliphatic hydroxyl groups is 2. The van der Waals surface area contributed by atoms with E-state index in [1.807, 2.05) is 74.5 Å². The average Bonchev–Trinajstić information content (AvgIpc) is 2.63. The van der Waals surface area contributed by atoms with E-state index in [2.05, 4.69) is 5.32 Å². The Kier molecular flexibility index (Phi) is 6.78. The summed E-state index contributed by atoms with van der Waals surface area (Å²) in [5.74, 6) is 0. The molecule has 0 radical (unpaired) electrons. The van der Waals surface area contributed by atoms with Crippen LogP contribution in [0.3, 0.4) is 0 Å². The summed E-state index contributed by atoms with van der Waals surface area (Å²) in [4.78, 5) is 0. The Bertz CT molecular complexity index is 507. The maximum absolute atomic E-state index is 10.6. The van der Waals surface area contributed by atoms with Crippen LogP contribution in [-0.2, 0) is 0 Å². The van der Waals surface area contributed by atoms with Gasteiger partial charge in [-0.1, -0.05) is 74.5 Å². The standard InChI is InChI=1S/C20H27NO2/c1-3-17(19(22)15-11-7-5-8-12-15)21-18(4-2)20(23)16-13-9-6-10-14-16/h5-14,17-23H,3-4H2,1-2H3/t17-,18-,19+,20+/m0/s1. The lowest BCUT2D eigenvalue weighted by atomic mass is 9.95. The number of benzene rings is 2. The van der Waals surface area contributed by atoms with E-state index in [-0.39, 0.29) is 12.1 Å². The highest BCUT2D eigenvalue weighted by atomic mass is 16.3. The number of rotatable bonds is 8. The lowest BCUT2D eigenvalue weighted by Gasteiger charge is -2.31. The summed E-state index contributed by atoms with van der Waals surface area (Å²) in [7, 11) is 0. The second-order valence-corrected chi connectivity index (χ2v) is 5.91. The largest absolute Gasteiger partial charge is 0.387 e. The molecule has 0 bridgehead atoms. The van der Waals surface area contributed by atoms with Crippen LogP contribution in [0.4, 0.5) is 0 Å². The topological polar surface area (TPSA) is 52.5 Å². The summed E-state index contributed by atoms with van der Waals surface area (Å²) >= 11 is 0. The molecule has 0 spiro atoms. The highest BCUT2D eigenvalue weighted by molar-refractivity contribution is 5.20. The Morgan fingerprint density at radius 1 is 0.696 bits per heavy atom. The average molecular weight is 313 g/mol. The Hall–Kier alpha value is -1.68. The minimum atomic E-state index is -0.585. The Morgan fingerprint density at radius 3 is 1.35 bits per heavy atom. The summed E-state index contributed by atoms with van der Waals surface area (Å²) in [5, 5.41) is 24.7. The van der Waals surface area contributed by atoms with Crippen molar-refractivity contribution in [2.24, 2.45) is 0 Å². The molecular formula is C20H27NO2. The predicted molar refractivity (Wildman–Crippen MR) is 94.1 cm³/mol. The van der Waals surface area contributed by atoms with Crippen LogP contribution < -0.4 is 5.32 Å². The molecule has 23 heavy (non-hydrogen) atoms. The van der Waals surface area contributed by atoms with Crippen LogP contribution in [0.1, 0.15) is 50.0 Å². The molecular weight excluding hydrogens is 286 g/mol. The normalized spacial score (nSPS) is 16.5. The molecule has 2 rings (SSSR count). The van der Waals surface area contributed by atoms with Gasteiger partial charge < -0.3 is 15.5 Å².